The van der Waals surface area contributed by atoms with Crippen LogP contribution < -0.4 is 14.8 Å². The van der Waals surface area contributed by atoms with E-state index in [0.29, 0.717) is 40.7 Å². The van der Waals surface area contributed by atoms with Crippen molar-refractivity contribution in [3.63, 3.8) is 0 Å². The van der Waals surface area contributed by atoms with Gasteiger partial charge in [-0.25, -0.2) is 4.79 Å². The lowest BCUT2D eigenvalue weighted by molar-refractivity contribution is 0.0222. The summed E-state index contributed by atoms with van der Waals surface area (Å²) in [5, 5.41) is 7.57. The Labute approximate surface area is 186 Å². The monoisotopic (exact) mass is 450 g/mol. The highest BCUT2D eigenvalue weighted by Gasteiger charge is 2.31. The van der Waals surface area contributed by atoms with Crippen LogP contribution in [-0.4, -0.2) is 53.0 Å². The van der Waals surface area contributed by atoms with Gasteiger partial charge in [-0.15, -0.1) is 0 Å². The molecule has 31 heavy (non-hydrogen) atoms. The predicted octanol–water partition coefficient (Wildman–Crippen LogP) is 3.64. The van der Waals surface area contributed by atoms with Crippen LogP contribution in [0, 0.1) is 0 Å². The highest BCUT2D eigenvalue weighted by atomic mass is 35.5. The molecule has 1 aromatic carbocycles. The van der Waals surface area contributed by atoms with Gasteiger partial charge in [0.15, 0.2) is 5.69 Å². The van der Waals surface area contributed by atoms with E-state index >= 15 is 0 Å². The normalized spacial score (nSPS) is 13.5. The number of anilines is 1. The Morgan fingerprint density at radius 3 is 2.45 bits per heavy atom. The molecule has 0 bridgehead atoms. The minimum Gasteiger partial charge on any atom is -0.495 e. The molecule has 0 unspecified atom stereocenters. The number of nitrogens with one attached hydrogen (secondary N) is 1. The van der Waals surface area contributed by atoms with E-state index in [2.05, 4.69) is 10.4 Å². The van der Waals surface area contributed by atoms with Gasteiger partial charge in [0.05, 0.1) is 31.5 Å². The van der Waals surface area contributed by atoms with Crippen LogP contribution in [0.1, 0.15) is 42.5 Å². The zero-order valence-corrected chi connectivity index (χ0v) is 19.3. The van der Waals surface area contributed by atoms with Gasteiger partial charge < -0.3 is 24.4 Å². The standard InChI is InChI=1S/C21H27ClN4O5/c1-21(2,3)31-20(28)26-8-7-15-12(11-26)18(24-25(15)4)19(27)23-14-10-16(29-5)13(22)9-17(14)30-6/h9-10H,7-8,11H2,1-6H3,(H,23,27). The molecule has 2 aromatic rings. The van der Waals surface area contributed by atoms with E-state index in [1.165, 1.54) is 14.2 Å². The van der Waals surface area contributed by atoms with Gasteiger partial charge in [-0.3, -0.25) is 9.48 Å². The van der Waals surface area contributed by atoms with E-state index in [1.807, 2.05) is 20.8 Å². The summed E-state index contributed by atoms with van der Waals surface area (Å²) in [6.45, 7) is 6.18. The maximum absolute atomic E-state index is 13.1. The first-order chi connectivity index (χ1) is 14.5. The molecule has 3 rings (SSSR count). The number of halogens is 1. The predicted molar refractivity (Wildman–Crippen MR) is 116 cm³/mol. The molecule has 0 fully saturated rings. The van der Waals surface area contributed by atoms with E-state index < -0.39 is 17.6 Å². The van der Waals surface area contributed by atoms with E-state index in [1.54, 1.807) is 28.8 Å². The molecule has 2 amide bonds. The van der Waals surface area contributed by atoms with Crippen LogP contribution in [0.3, 0.4) is 0 Å². The Morgan fingerprint density at radius 2 is 1.84 bits per heavy atom. The summed E-state index contributed by atoms with van der Waals surface area (Å²) in [6.07, 6.45) is 0.154. The van der Waals surface area contributed by atoms with Gasteiger partial charge in [0.1, 0.15) is 17.1 Å². The number of benzene rings is 1. The molecule has 0 saturated carbocycles. The molecule has 1 N–H and O–H groups in total. The number of carbonyl (C=O) groups is 2. The molecule has 1 aliphatic heterocycles. The number of fused-ring (bicyclic) bond motifs is 1. The lowest BCUT2D eigenvalue weighted by Gasteiger charge is -2.30. The highest BCUT2D eigenvalue weighted by Crippen LogP contribution is 2.36. The molecule has 10 heteroatoms. The molecule has 168 valence electrons. The molecule has 9 nitrogen and oxygen atoms in total. The van der Waals surface area contributed by atoms with Crippen molar-refractivity contribution in [1.29, 1.82) is 0 Å². The lowest BCUT2D eigenvalue weighted by Crippen LogP contribution is -2.40. The van der Waals surface area contributed by atoms with Gasteiger partial charge in [0.2, 0.25) is 0 Å². The maximum Gasteiger partial charge on any atom is 0.410 e. The fourth-order valence-electron chi connectivity index (χ4n) is 3.40. The second-order valence-electron chi connectivity index (χ2n) is 8.19. The molecule has 0 aliphatic carbocycles. The van der Waals surface area contributed by atoms with Crippen LogP contribution in [0.2, 0.25) is 5.02 Å². The zero-order valence-electron chi connectivity index (χ0n) is 18.5. The Hall–Kier alpha value is -2.94. The Morgan fingerprint density at radius 1 is 1.16 bits per heavy atom. The number of aromatic nitrogens is 2. The number of amides is 2. The number of ether oxygens (including phenoxy) is 3. The van der Waals surface area contributed by atoms with Gasteiger partial charge in [-0.2, -0.15) is 5.10 Å². The first-order valence-corrected chi connectivity index (χ1v) is 10.2. The molecule has 1 aliphatic rings. The average Bonchev–Trinajstić information content (AvgIpc) is 3.03. The molecule has 2 heterocycles. The number of hydrogen-bond donors (Lipinski definition) is 1. The number of aryl methyl sites for hydroxylation is 1. The Balaban J connectivity index is 1.87. The summed E-state index contributed by atoms with van der Waals surface area (Å²) in [5.74, 6) is 0.363. The largest absolute Gasteiger partial charge is 0.495 e. The van der Waals surface area contributed by atoms with Crippen LogP contribution >= 0.6 is 11.6 Å². The van der Waals surface area contributed by atoms with Gasteiger partial charge >= 0.3 is 6.09 Å². The van der Waals surface area contributed by atoms with Crippen LogP contribution in [0.4, 0.5) is 10.5 Å². The molecule has 0 spiro atoms. The fourth-order valence-corrected chi connectivity index (χ4v) is 3.63. The maximum atomic E-state index is 13.1. The minimum absolute atomic E-state index is 0.238. The first kappa shape index (κ1) is 22.7. The summed E-state index contributed by atoms with van der Waals surface area (Å²) in [5.41, 5.74) is 1.63. The molecule has 0 saturated heterocycles. The van der Waals surface area contributed by atoms with Crippen molar-refractivity contribution in [3.8, 4) is 11.5 Å². The van der Waals surface area contributed by atoms with Crippen LogP contribution in [0.15, 0.2) is 12.1 Å². The SMILES string of the molecule is COc1cc(NC(=O)c2nn(C)c3c2CN(C(=O)OC(C)(C)C)CC3)c(OC)cc1Cl. The second-order valence-corrected chi connectivity index (χ2v) is 8.60. The van der Waals surface area contributed by atoms with Crippen LogP contribution in [0.25, 0.3) is 0 Å². The summed E-state index contributed by atoms with van der Waals surface area (Å²) >= 11 is 6.14. The summed E-state index contributed by atoms with van der Waals surface area (Å²) in [7, 11) is 4.75. The van der Waals surface area contributed by atoms with Gasteiger partial charge in [-0.05, 0) is 20.8 Å². The van der Waals surface area contributed by atoms with Gasteiger partial charge in [-0.1, -0.05) is 11.6 Å². The second kappa shape index (κ2) is 8.66. The van der Waals surface area contributed by atoms with Gasteiger partial charge in [0, 0.05) is 43.4 Å². The molecule has 1 aromatic heterocycles. The topological polar surface area (TPSA) is 94.9 Å². The molecular weight excluding hydrogens is 424 g/mol. The molecule has 0 radical (unpaired) electrons. The smallest absolute Gasteiger partial charge is 0.410 e. The Kier molecular flexibility index (Phi) is 6.35. The summed E-state index contributed by atoms with van der Waals surface area (Å²) in [4.78, 5) is 27.2. The number of carbonyl (C=O) groups excluding carboxylic acids is 2. The van der Waals surface area contributed by atoms with Crippen molar-refractivity contribution in [2.75, 3.05) is 26.1 Å². The van der Waals surface area contributed by atoms with Gasteiger partial charge in [0.25, 0.3) is 5.91 Å². The van der Waals surface area contributed by atoms with Crippen LogP contribution in [-0.2, 0) is 24.8 Å². The van der Waals surface area contributed by atoms with E-state index in [0.717, 1.165) is 5.69 Å². The van der Waals surface area contributed by atoms with Crippen molar-refractivity contribution < 1.29 is 23.8 Å². The average molecular weight is 451 g/mol. The van der Waals surface area contributed by atoms with E-state index in [9.17, 15) is 9.59 Å². The number of rotatable bonds is 4. The third-order valence-electron chi connectivity index (χ3n) is 4.83. The van der Waals surface area contributed by atoms with Crippen molar-refractivity contribution in [2.45, 2.75) is 39.3 Å². The van der Waals surface area contributed by atoms with Crippen molar-refractivity contribution >= 4 is 29.3 Å². The third kappa shape index (κ3) is 4.87. The lowest BCUT2D eigenvalue weighted by atomic mass is 10.0. The zero-order chi connectivity index (χ0) is 22.9. The fraction of sp³-hybridized carbons (Fsp3) is 0.476. The van der Waals surface area contributed by atoms with Crippen molar-refractivity contribution in [3.05, 3.63) is 34.1 Å². The highest BCUT2D eigenvalue weighted by molar-refractivity contribution is 6.32. The molecule has 0 atom stereocenters. The number of nitrogens with zero attached hydrogens (tertiary/aromatic N) is 3. The number of methoxy groups -OCH3 is 2. The minimum atomic E-state index is -0.600. The quantitative estimate of drug-likeness (QED) is 0.764. The summed E-state index contributed by atoms with van der Waals surface area (Å²) in [6, 6.07) is 3.15. The summed E-state index contributed by atoms with van der Waals surface area (Å²) < 4.78 is 17.7. The Bertz CT molecular complexity index is 1010. The third-order valence-corrected chi connectivity index (χ3v) is 5.13. The van der Waals surface area contributed by atoms with E-state index in [4.69, 9.17) is 25.8 Å². The van der Waals surface area contributed by atoms with Crippen LogP contribution in [0.5, 0.6) is 11.5 Å². The molecular formula is C21H27ClN4O5. The van der Waals surface area contributed by atoms with Crippen molar-refractivity contribution in [2.24, 2.45) is 7.05 Å². The number of hydrogen-bond acceptors (Lipinski definition) is 6. The first-order valence-electron chi connectivity index (χ1n) is 9.79. The van der Waals surface area contributed by atoms with E-state index in [-0.39, 0.29) is 12.2 Å². The van der Waals surface area contributed by atoms with Crippen molar-refractivity contribution in [1.82, 2.24) is 14.7 Å².